The maximum absolute atomic E-state index is 10.3. The highest BCUT2D eigenvalue weighted by atomic mass is 16.7. The third kappa shape index (κ3) is 2.61. The third-order valence-electron chi connectivity index (χ3n) is 11.9. The Bertz CT molecular complexity index is 684. The van der Waals surface area contributed by atoms with E-state index in [0.717, 1.165) is 49.5 Å². The van der Waals surface area contributed by atoms with Crippen LogP contribution < -0.4 is 0 Å². The van der Waals surface area contributed by atoms with Crippen molar-refractivity contribution in [2.24, 2.45) is 52.3 Å². The van der Waals surface area contributed by atoms with E-state index in [1.165, 1.54) is 44.9 Å². The molecule has 3 nitrogen and oxygen atoms in total. The molecular weight excluding hydrogens is 372 g/mol. The molecule has 2 aliphatic heterocycles. The lowest BCUT2D eigenvalue weighted by molar-refractivity contribution is -0.273. The van der Waals surface area contributed by atoms with Crippen molar-refractivity contribution in [3.05, 3.63) is 0 Å². The molecule has 0 bridgehead atoms. The van der Waals surface area contributed by atoms with Gasteiger partial charge in [-0.3, -0.25) is 0 Å². The summed E-state index contributed by atoms with van der Waals surface area (Å²) >= 11 is 0. The lowest BCUT2D eigenvalue weighted by Crippen LogP contribution is -2.55. The summed E-state index contributed by atoms with van der Waals surface area (Å²) in [5.41, 5.74) is 0.899. The van der Waals surface area contributed by atoms with Crippen LogP contribution in [0.4, 0.5) is 0 Å². The predicted molar refractivity (Wildman–Crippen MR) is 118 cm³/mol. The SMILES string of the molecule is C[C@H]1CC[C@]2(OC1)O[C@H]1CC3C4CC[C@H]5C[C@@H](O)CC[C@]5(C)C4CC[C@]3(C)[C@H]1[C@@H]2C. The fourth-order valence-corrected chi connectivity index (χ4v) is 10.3. The van der Waals surface area contributed by atoms with Crippen LogP contribution in [0.2, 0.25) is 0 Å². The Balaban J connectivity index is 1.26. The van der Waals surface area contributed by atoms with Crippen molar-refractivity contribution in [3.63, 3.8) is 0 Å². The van der Waals surface area contributed by atoms with Gasteiger partial charge in [0.1, 0.15) is 0 Å². The van der Waals surface area contributed by atoms with Crippen LogP contribution in [0.1, 0.15) is 91.9 Å². The first-order chi connectivity index (χ1) is 14.3. The van der Waals surface area contributed by atoms with Gasteiger partial charge in [0.05, 0.1) is 18.8 Å². The Hall–Kier alpha value is -0.120. The van der Waals surface area contributed by atoms with Crippen LogP contribution in [-0.2, 0) is 9.47 Å². The predicted octanol–water partition coefficient (Wildman–Crippen LogP) is 5.79. The number of hydrogen-bond acceptors (Lipinski definition) is 3. The highest BCUT2D eigenvalue weighted by molar-refractivity contribution is 5.15. The molecule has 2 saturated heterocycles. The van der Waals surface area contributed by atoms with Gasteiger partial charge in [-0.25, -0.2) is 0 Å². The van der Waals surface area contributed by atoms with Crippen LogP contribution in [0, 0.1) is 52.3 Å². The monoisotopic (exact) mass is 416 g/mol. The van der Waals surface area contributed by atoms with Crippen LogP contribution in [0.5, 0.6) is 0 Å². The summed E-state index contributed by atoms with van der Waals surface area (Å²) < 4.78 is 13.4. The molecule has 12 atom stereocenters. The quantitative estimate of drug-likeness (QED) is 0.543. The minimum Gasteiger partial charge on any atom is -0.393 e. The van der Waals surface area contributed by atoms with Crippen LogP contribution in [0.25, 0.3) is 0 Å². The topological polar surface area (TPSA) is 38.7 Å². The van der Waals surface area contributed by atoms with Crippen LogP contribution in [0.3, 0.4) is 0 Å². The molecule has 1 spiro atoms. The molecule has 2 heterocycles. The lowest BCUT2D eigenvalue weighted by Gasteiger charge is -2.61. The summed E-state index contributed by atoms with van der Waals surface area (Å²) in [4.78, 5) is 0. The van der Waals surface area contributed by atoms with Crippen molar-refractivity contribution < 1.29 is 14.6 Å². The van der Waals surface area contributed by atoms with Crippen LogP contribution in [0.15, 0.2) is 0 Å². The zero-order valence-electron chi connectivity index (χ0n) is 19.7. The molecule has 6 fully saturated rings. The van der Waals surface area contributed by atoms with Gasteiger partial charge in [-0.05, 0) is 104 Å². The molecular formula is C27H44O3. The molecule has 1 N–H and O–H groups in total. The van der Waals surface area contributed by atoms with Gasteiger partial charge in [0.15, 0.2) is 5.79 Å². The summed E-state index contributed by atoms with van der Waals surface area (Å²) in [6, 6.07) is 0. The molecule has 170 valence electrons. The van der Waals surface area contributed by atoms with E-state index in [2.05, 4.69) is 27.7 Å². The maximum Gasteiger partial charge on any atom is 0.171 e. The Morgan fingerprint density at radius 2 is 1.63 bits per heavy atom. The Morgan fingerprint density at radius 1 is 0.833 bits per heavy atom. The van der Waals surface area contributed by atoms with Crippen molar-refractivity contribution in [1.29, 1.82) is 0 Å². The van der Waals surface area contributed by atoms with Gasteiger partial charge in [-0.2, -0.15) is 0 Å². The molecule has 3 unspecified atom stereocenters. The molecule has 0 aromatic carbocycles. The van der Waals surface area contributed by atoms with Crippen molar-refractivity contribution in [2.45, 2.75) is 110 Å². The second kappa shape index (κ2) is 6.70. The summed E-state index contributed by atoms with van der Waals surface area (Å²) in [5, 5.41) is 10.3. The standard InChI is InChI=1S/C27H44O3/c1-16-7-12-27(29-15-16)17(2)24-23(30-27)14-22-20-6-5-18-13-19(28)8-10-25(18,3)21(20)9-11-26(22,24)4/h16-24,28H,5-15H2,1-4H3/t16-,17-,18-,19-,20?,21?,22?,23-,24-,25-,26-,27-/m0/s1. The average Bonchev–Trinajstić information content (AvgIpc) is 3.16. The van der Waals surface area contributed by atoms with Gasteiger partial charge >= 0.3 is 0 Å². The van der Waals surface area contributed by atoms with E-state index in [9.17, 15) is 5.11 Å². The van der Waals surface area contributed by atoms with Gasteiger partial charge < -0.3 is 14.6 Å². The smallest absolute Gasteiger partial charge is 0.171 e. The summed E-state index contributed by atoms with van der Waals surface area (Å²) in [6.07, 6.45) is 12.9. The summed E-state index contributed by atoms with van der Waals surface area (Å²) in [6.45, 7) is 10.9. The summed E-state index contributed by atoms with van der Waals surface area (Å²) in [7, 11) is 0. The molecule has 0 radical (unpaired) electrons. The molecule has 0 amide bonds. The number of fused-ring (bicyclic) bond motifs is 7. The molecule has 3 heteroatoms. The number of aliphatic hydroxyl groups is 1. The van der Waals surface area contributed by atoms with E-state index >= 15 is 0 Å². The highest BCUT2D eigenvalue weighted by Gasteiger charge is 2.69. The van der Waals surface area contributed by atoms with E-state index in [-0.39, 0.29) is 11.9 Å². The van der Waals surface area contributed by atoms with Crippen molar-refractivity contribution in [1.82, 2.24) is 0 Å². The number of ether oxygens (including phenoxy) is 2. The van der Waals surface area contributed by atoms with Crippen molar-refractivity contribution >= 4 is 0 Å². The van der Waals surface area contributed by atoms with Crippen molar-refractivity contribution in [2.75, 3.05) is 6.61 Å². The first kappa shape index (κ1) is 20.5. The maximum atomic E-state index is 10.3. The summed E-state index contributed by atoms with van der Waals surface area (Å²) in [5.74, 6) is 4.93. The number of hydrogen-bond donors (Lipinski definition) is 1. The first-order valence-corrected chi connectivity index (χ1v) is 13.3. The third-order valence-corrected chi connectivity index (χ3v) is 11.9. The van der Waals surface area contributed by atoms with Gasteiger partial charge in [-0.1, -0.05) is 27.7 Å². The molecule has 4 aliphatic carbocycles. The lowest BCUT2D eigenvalue weighted by atomic mass is 9.44. The molecule has 30 heavy (non-hydrogen) atoms. The fourth-order valence-electron chi connectivity index (χ4n) is 10.3. The Labute approximate surface area is 183 Å². The number of rotatable bonds is 0. The van der Waals surface area contributed by atoms with Crippen LogP contribution in [-0.4, -0.2) is 29.7 Å². The molecule has 4 saturated carbocycles. The van der Waals surface area contributed by atoms with E-state index in [1.807, 2.05) is 0 Å². The molecule has 0 aromatic rings. The Kier molecular flexibility index (Phi) is 4.58. The zero-order valence-corrected chi connectivity index (χ0v) is 19.7. The molecule has 6 aliphatic rings. The Morgan fingerprint density at radius 3 is 2.40 bits per heavy atom. The van der Waals surface area contributed by atoms with Gasteiger partial charge in [0.2, 0.25) is 0 Å². The van der Waals surface area contributed by atoms with Gasteiger partial charge in [0, 0.05) is 12.3 Å². The van der Waals surface area contributed by atoms with Gasteiger partial charge in [0.25, 0.3) is 0 Å². The second-order valence-electron chi connectivity index (χ2n) is 13.1. The van der Waals surface area contributed by atoms with E-state index in [1.54, 1.807) is 0 Å². The van der Waals surface area contributed by atoms with Crippen LogP contribution >= 0.6 is 0 Å². The zero-order chi connectivity index (χ0) is 20.9. The van der Waals surface area contributed by atoms with E-state index in [0.29, 0.717) is 34.7 Å². The average molecular weight is 417 g/mol. The normalized spacial score (nSPS) is 62.5. The first-order valence-electron chi connectivity index (χ1n) is 13.3. The minimum atomic E-state index is -0.282. The van der Waals surface area contributed by atoms with E-state index in [4.69, 9.17) is 9.47 Å². The van der Waals surface area contributed by atoms with Gasteiger partial charge in [-0.15, -0.1) is 0 Å². The fraction of sp³-hybridized carbons (Fsp3) is 1.00. The minimum absolute atomic E-state index is 0.0389. The molecule has 0 aromatic heterocycles. The number of aliphatic hydroxyl groups excluding tert-OH is 1. The largest absolute Gasteiger partial charge is 0.393 e. The molecule has 6 rings (SSSR count). The van der Waals surface area contributed by atoms with E-state index < -0.39 is 0 Å². The van der Waals surface area contributed by atoms with Crippen molar-refractivity contribution in [3.8, 4) is 0 Å². The highest BCUT2D eigenvalue weighted by Crippen LogP contribution is 2.71. The second-order valence-corrected chi connectivity index (χ2v) is 13.1.